The molecule has 7 nitrogen and oxygen atoms in total. The van der Waals surface area contributed by atoms with E-state index in [2.05, 4.69) is 16.8 Å². The van der Waals surface area contributed by atoms with Crippen molar-refractivity contribution >= 4 is 34.1 Å². The summed E-state index contributed by atoms with van der Waals surface area (Å²) in [4.78, 5) is 16.4. The summed E-state index contributed by atoms with van der Waals surface area (Å²) in [5.74, 6) is 4.66. The van der Waals surface area contributed by atoms with Crippen molar-refractivity contribution in [2.24, 2.45) is 11.8 Å². The Bertz CT molecular complexity index is 1140. The third kappa shape index (κ3) is 2.99. The second kappa shape index (κ2) is 7.16. The number of methoxy groups -OCH3 is 2. The molecule has 1 aromatic carbocycles. The maximum absolute atomic E-state index is 6.77. The quantitative estimate of drug-likeness (QED) is 0.661. The number of halogens is 1. The van der Waals surface area contributed by atoms with Gasteiger partial charge in [-0.3, -0.25) is 0 Å². The van der Waals surface area contributed by atoms with Crippen LogP contribution >= 0.6 is 11.6 Å². The van der Waals surface area contributed by atoms with Crippen LogP contribution in [0.25, 0.3) is 22.3 Å². The first kappa shape index (κ1) is 19.2. The zero-order valence-corrected chi connectivity index (χ0v) is 18.0. The molecule has 2 aliphatic rings. The van der Waals surface area contributed by atoms with Crippen LogP contribution in [0.15, 0.2) is 18.3 Å². The minimum absolute atomic E-state index is 0.458. The lowest BCUT2D eigenvalue weighted by atomic mass is 10.0. The molecule has 1 saturated heterocycles. The van der Waals surface area contributed by atoms with E-state index in [-0.39, 0.29) is 0 Å². The minimum Gasteiger partial charge on any atom is -0.496 e. The fraction of sp³-hybridized carbons (Fsp3) is 0.409. The van der Waals surface area contributed by atoms with Crippen LogP contribution in [0.2, 0.25) is 5.02 Å². The van der Waals surface area contributed by atoms with Crippen LogP contribution in [0.5, 0.6) is 11.5 Å². The molecule has 30 heavy (non-hydrogen) atoms. The summed E-state index contributed by atoms with van der Waals surface area (Å²) in [6.45, 7) is 4.07. The van der Waals surface area contributed by atoms with Gasteiger partial charge in [0.05, 0.1) is 31.0 Å². The predicted molar refractivity (Wildman–Crippen MR) is 118 cm³/mol. The van der Waals surface area contributed by atoms with Crippen molar-refractivity contribution in [1.82, 2.24) is 15.0 Å². The van der Waals surface area contributed by atoms with E-state index in [1.807, 2.05) is 12.1 Å². The summed E-state index contributed by atoms with van der Waals surface area (Å²) in [6, 6.07) is 3.66. The molecule has 2 fully saturated rings. The number of piperidine rings is 1. The lowest BCUT2D eigenvalue weighted by Crippen LogP contribution is -2.23. The molecule has 1 aliphatic carbocycles. The number of aromatic nitrogens is 3. The fourth-order valence-electron chi connectivity index (χ4n) is 4.52. The van der Waals surface area contributed by atoms with Crippen LogP contribution in [0.1, 0.15) is 18.9 Å². The van der Waals surface area contributed by atoms with Gasteiger partial charge in [0.2, 0.25) is 0 Å². The smallest absolute Gasteiger partial charge is 0.164 e. The minimum atomic E-state index is 0.458. The Hall–Kier alpha value is -2.80. The molecular formula is C22H24ClN5O2. The first-order valence-electron chi connectivity index (χ1n) is 10.2. The average molecular weight is 426 g/mol. The van der Waals surface area contributed by atoms with Crippen molar-refractivity contribution < 1.29 is 9.47 Å². The molecule has 2 N–H and O–H groups in total. The lowest BCUT2D eigenvalue weighted by molar-refractivity contribution is 0.392. The number of nitrogens with zero attached hydrogens (tertiary/aromatic N) is 4. The van der Waals surface area contributed by atoms with Gasteiger partial charge < -0.3 is 20.1 Å². The normalized spacial score (nSPS) is 19.8. The molecule has 1 saturated carbocycles. The molecule has 0 bridgehead atoms. The molecule has 8 heteroatoms. The van der Waals surface area contributed by atoms with Gasteiger partial charge in [-0.1, -0.05) is 18.5 Å². The van der Waals surface area contributed by atoms with E-state index in [4.69, 9.17) is 36.8 Å². The summed E-state index contributed by atoms with van der Waals surface area (Å²) in [5, 5.41) is 1.39. The number of fused-ring (bicyclic) bond motifs is 2. The highest BCUT2D eigenvalue weighted by atomic mass is 35.5. The topological polar surface area (TPSA) is 86.4 Å². The Labute approximate surface area is 180 Å². The number of hydrogen-bond donors (Lipinski definition) is 1. The van der Waals surface area contributed by atoms with Gasteiger partial charge in [0.25, 0.3) is 0 Å². The number of hydrogen-bond acceptors (Lipinski definition) is 7. The Morgan fingerprint density at radius 2 is 1.87 bits per heavy atom. The number of pyridine rings is 1. The summed E-state index contributed by atoms with van der Waals surface area (Å²) in [5.41, 5.74) is 8.40. The second-order valence-electron chi connectivity index (χ2n) is 7.96. The Balaban J connectivity index is 1.77. The number of ether oxygens (including phenoxy) is 2. The van der Waals surface area contributed by atoms with Crippen LogP contribution in [0.4, 0.5) is 11.6 Å². The Kier molecular flexibility index (Phi) is 4.58. The van der Waals surface area contributed by atoms with E-state index < -0.39 is 0 Å². The zero-order valence-electron chi connectivity index (χ0n) is 17.3. The van der Waals surface area contributed by atoms with E-state index in [1.165, 1.54) is 6.42 Å². The highest BCUT2D eigenvalue weighted by Crippen LogP contribution is 2.48. The maximum atomic E-state index is 6.77. The van der Waals surface area contributed by atoms with E-state index in [0.29, 0.717) is 34.6 Å². The number of nitrogen functional groups attached to an aromatic ring is 1. The Morgan fingerprint density at radius 3 is 2.53 bits per heavy atom. The molecule has 2 unspecified atom stereocenters. The second-order valence-corrected chi connectivity index (χ2v) is 8.34. The Morgan fingerprint density at radius 1 is 1.13 bits per heavy atom. The third-order valence-electron chi connectivity index (χ3n) is 6.18. The van der Waals surface area contributed by atoms with E-state index in [9.17, 15) is 0 Å². The van der Waals surface area contributed by atoms with Gasteiger partial charge in [0.15, 0.2) is 5.82 Å². The van der Waals surface area contributed by atoms with Gasteiger partial charge in [0, 0.05) is 35.7 Å². The molecule has 1 aliphatic heterocycles. The SMILES string of the molecule is CCc1c(OC)cc(OC)c(Cl)c1-c1nc(N2CC3CC3C2)c2cc(N)ncc2n1. The third-order valence-corrected chi connectivity index (χ3v) is 6.55. The first-order chi connectivity index (χ1) is 14.5. The number of benzene rings is 1. The van der Waals surface area contributed by atoms with Crippen molar-refractivity contribution in [2.75, 3.05) is 37.9 Å². The van der Waals surface area contributed by atoms with E-state index in [0.717, 1.165) is 52.8 Å². The summed E-state index contributed by atoms with van der Waals surface area (Å²) < 4.78 is 11.1. The number of anilines is 2. The van der Waals surface area contributed by atoms with Gasteiger partial charge in [-0.05, 0) is 30.7 Å². The molecule has 2 atom stereocenters. The van der Waals surface area contributed by atoms with Crippen molar-refractivity contribution in [3.8, 4) is 22.9 Å². The number of rotatable bonds is 5. The molecular weight excluding hydrogens is 402 g/mol. The molecule has 2 aromatic heterocycles. The van der Waals surface area contributed by atoms with Crippen molar-refractivity contribution in [3.05, 3.63) is 28.9 Å². The van der Waals surface area contributed by atoms with E-state index >= 15 is 0 Å². The fourth-order valence-corrected chi connectivity index (χ4v) is 4.85. The van der Waals surface area contributed by atoms with Crippen LogP contribution in [0.3, 0.4) is 0 Å². The number of nitrogens with two attached hydrogens (primary N) is 1. The highest BCUT2D eigenvalue weighted by Gasteiger charge is 2.46. The largest absolute Gasteiger partial charge is 0.496 e. The molecule has 5 rings (SSSR count). The molecule has 3 aromatic rings. The van der Waals surface area contributed by atoms with Crippen molar-refractivity contribution in [1.29, 1.82) is 0 Å². The zero-order chi connectivity index (χ0) is 21.0. The van der Waals surface area contributed by atoms with Crippen LogP contribution in [0, 0.1) is 11.8 Å². The first-order valence-corrected chi connectivity index (χ1v) is 10.5. The van der Waals surface area contributed by atoms with Gasteiger partial charge in [-0.25, -0.2) is 15.0 Å². The highest BCUT2D eigenvalue weighted by molar-refractivity contribution is 6.35. The summed E-state index contributed by atoms with van der Waals surface area (Å²) in [7, 11) is 3.23. The average Bonchev–Trinajstić information content (AvgIpc) is 3.37. The molecule has 156 valence electrons. The van der Waals surface area contributed by atoms with Crippen LogP contribution in [-0.4, -0.2) is 42.3 Å². The monoisotopic (exact) mass is 425 g/mol. The van der Waals surface area contributed by atoms with Gasteiger partial charge >= 0.3 is 0 Å². The maximum Gasteiger partial charge on any atom is 0.164 e. The van der Waals surface area contributed by atoms with Crippen LogP contribution < -0.4 is 20.1 Å². The van der Waals surface area contributed by atoms with Gasteiger partial charge in [-0.2, -0.15) is 0 Å². The lowest BCUT2D eigenvalue weighted by Gasteiger charge is -2.23. The predicted octanol–water partition coefficient (Wildman–Crippen LogP) is 3.96. The van der Waals surface area contributed by atoms with Gasteiger partial charge in [0.1, 0.15) is 23.1 Å². The summed E-state index contributed by atoms with van der Waals surface area (Å²) >= 11 is 6.77. The molecule has 0 amide bonds. The molecule has 0 radical (unpaired) electrons. The summed E-state index contributed by atoms with van der Waals surface area (Å²) in [6.07, 6.45) is 3.73. The molecule has 0 spiro atoms. The van der Waals surface area contributed by atoms with Crippen LogP contribution in [-0.2, 0) is 6.42 Å². The van der Waals surface area contributed by atoms with Crippen molar-refractivity contribution in [3.63, 3.8) is 0 Å². The standard InChI is InChI=1S/C22H24ClN5O2/c1-4-13-16(29-2)7-17(30-3)20(23)19(13)21-26-15-8-25-18(24)6-14(15)22(27-21)28-9-11-5-12(11)10-28/h6-8,11-12H,4-5,9-10H2,1-3H3,(H2,24,25). The molecule has 3 heterocycles. The van der Waals surface area contributed by atoms with Gasteiger partial charge in [-0.15, -0.1) is 0 Å². The van der Waals surface area contributed by atoms with Crippen molar-refractivity contribution in [2.45, 2.75) is 19.8 Å². The van der Waals surface area contributed by atoms with E-state index in [1.54, 1.807) is 20.4 Å².